The molecule has 0 spiro atoms. The molecule has 0 aromatic heterocycles. The Morgan fingerprint density at radius 1 is 1.60 bits per heavy atom. The van der Waals surface area contributed by atoms with Gasteiger partial charge >= 0.3 is 0 Å². The number of amides is 1. The van der Waals surface area contributed by atoms with Crippen molar-refractivity contribution in [1.82, 2.24) is 5.32 Å². The second kappa shape index (κ2) is 5.47. The normalized spacial score (nSPS) is 33.7. The SMILES string of the molecule is CCC1NC(C)CCC1OC(C)C(N)=O. The van der Waals surface area contributed by atoms with Crippen LogP contribution in [0, 0.1) is 0 Å². The minimum atomic E-state index is -0.487. The van der Waals surface area contributed by atoms with Crippen LogP contribution in [0.5, 0.6) is 0 Å². The van der Waals surface area contributed by atoms with E-state index in [1.807, 2.05) is 0 Å². The molecule has 1 fully saturated rings. The highest BCUT2D eigenvalue weighted by atomic mass is 16.5. The Morgan fingerprint density at radius 2 is 2.27 bits per heavy atom. The highest BCUT2D eigenvalue weighted by Gasteiger charge is 2.29. The Hall–Kier alpha value is -0.610. The third-order valence-corrected chi connectivity index (χ3v) is 3.05. The largest absolute Gasteiger partial charge is 0.367 e. The van der Waals surface area contributed by atoms with Crippen molar-refractivity contribution in [2.75, 3.05) is 0 Å². The molecule has 0 aromatic rings. The smallest absolute Gasteiger partial charge is 0.246 e. The Kier molecular flexibility index (Phi) is 4.54. The first kappa shape index (κ1) is 12.5. The maximum Gasteiger partial charge on any atom is 0.246 e. The third kappa shape index (κ3) is 3.47. The maximum absolute atomic E-state index is 10.9. The Balaban J connectivity index is 2.49. The second-order valence-electron chi connectivity index (χ2n) is 4.38. The van der Waals surface area contributed by atoms with E-state index in [4.69, 9.17) is 10.5 Å². The van der Waals surface area contributed by atoms with E-state index in [0.717, 1.165) is 19.3 Å². The molecule has 88 valence electrons. The van der Waals surface area contributed by atoms with Crippen LogP contribution in [0.25, 0.3) is 0 Å². The fraction of sp³-hybridized carbons (Fsp3) is 0.909. The van der Waals surface area contributed by atoms with Gasteiger partial charge in [-0.15, -0.1) is 0 Å². The molecule has 4 atom stereocenters. The van der Waals surface area contributed by atoms with Gasteiger partial charge in [-0.25, -0.2) is 0 Å². The van der Waals surface area contributed by atoms with Crippen LogP contribution in [0.2, 0.25) is 0 Å². The van der Waals surface area contributed by atoms with Crippen LogP contribution < -0.4 is 11.1 Å². The van der Waals surface area contributed by atoms with E-state index >= 15 is 0 Å². The molecule has 15 heavy (non-hydrogen) atoms. The van der Waals surface area contributed by atoms with Gasteiger partial charge in [0.15, 0.2) is 0 Å². The van der Waals surface area contributed by atoms with Gasteiger partial charge in [-0.3, -0.25) is 4.79 Å². The summed E-state index contributed by atoms with van der Waals surface area (Å²) in [4.78, 5) is 10.9. The van der Waals surface area contributed by atoms with Crippen molar-refractivity contribution in [2.24, 2.45) is 5.73 Å². The predicted molar refractivity (Wildman–Crippen MR) is 59.4 cm³/mol. The number of nitrogens with one attached hydrogen (secondary N) is 1. The van der Waals surface area contributed by atoms with Crippen molar-refractivity contribution in [3.63, 3.8) is 0 Å². The minimum absolute atomic E-state index is 0.119. The quantitative estimate of drug-likeness (QED) is 0.727. The van der Waals surface area contributed by atoms with E-state index in [9.17, 15) is 4.79 Å². The van der Waals surface area contributed by atoms with Gasteiger partial charge in [-0.2, -0.15) is 0 Å². The lowest BCUT2D eigenvalue weighted by molar-refractivity contribution is -0.134. The van der Waals surface area contributed by atoms with Crippen molar-refractivity contribution in [2.45, 2.75) is 64.3 Å². The molecule has 4 nitrogen and oxygen atoms in total. The summed E-state index contributed by atoms with van der Waals surface area (Å²) in [6.07, 6.45) is 2.74. The summed E-state index contributed by atoms with van der Waals surface area (Å²) in [5.41, 5.74) is 5.18. The molecule has 0 radical (unpaired) electrons. The maximum atomic E-state index is 10.9. The lowest BCUT2D eigenvalue weighted by Gasteiger charge is -2.36. The van der Waals surface area contributed by atoms with E-state index in [1.54, 1.807) is 6.92 Å². The molecule has 1 aliphatic rings. The van der Waals surface area contributed by atoms with Gasteiger partial charge in [0.1, 0.15) is 6.10 Å². The number of carbonyl (C=O) groups is 1. The fourth-order valence-corrected chi connectivity index (χ4v) is 2.04. The molecule has 0 aromatic carbocycles. The van der Waals surface area contributed by atoms with Crippen LogP contribution in [0.15, 0.2) is 0 Å². The molecule has 0 saturated carbocycles. The van der Waals surface area contributed by atoms with Crippen molar-refractivity contribution < 1.29 is 9.53 Å². The number of hydrogen-bond acceptors (Lipinski definition) is 3. The number of ether oxygens (including phenoxy) is 1. The zero-order valence-electron chi connectivity index (χ0n) is 9.82. The van der Waals surface area contributed by atoms with Crippen LogP contribution >= 0.6 is 0 Å². The molecule has 1 saturated heterocycles. The summed E-state index contributed by atoms with van der Waals surface area (Å²) >= 11 is 0. The van der Waals surface area contributed by atoms with E-state index in [-0.39, 0.29) is 12.0 Å². The van der Waals surface area contributed by atoms with Gasteiger partial charge in [0, 0.05) is 12.1 Å². The number of nitrogens with two attached hydrogens (primary N) is 1. The van der Waals surface area contributed by atoms with Gasteiger partial charge in [0.2, 0.25) is 5.91 Å². The first-order valence-electron chi connectivity index (χ1n) is 5.75. The number of hydrogen-bond donors (Lipinski definition) is 2. The zero-order valence-corrected chi connectivity index (χ0v) is 9.82. The average Bonchev–Trinajstić information content (AvgIpc) is 2.20. The topological polar surface area (TPSA) is 64.3 Å². The van der Waals surface area contributed by atoms with E-state index in [0.29, 0.717) is 12.1 Å². The van der Waals surface area contributed by atoms with Crippen molar-refractivity contribution >= 4 is 5.91 Å². The Morgan fingerprint density at radius 3 is 2.80 bits per heavy atom. The summed E-state index contributed by atoms with van der Waals surface area (Å²) in [5, 5.41) is 3.48. The fourth-order valence-electron chi connectivity index (χ4n) is 2.04. The molecule has 1 rings (SSSR count). The van der Waals surface area contributed by atoms with Crippen LogP contribution in [0.3, 0.4) is 0 Å². The molecular formula is C11H22N2O2. The molecule has 0 aliphatic carbocycles. The predicted octanol–water partition coefficient (Wildman–Crippen LogP) is 0.796. The van der Waals surface area contributed by atoms with Gasteiger partial charge in [-0.05, 0) is 33.1 Å². The van der Waals surface area contributed by atoms with Crippen molar-refractivity contribution in [1.29, 1.82) is 0 Å². The number of rotatable bonds is 4. The zero-order chi connectivity index (χ0) is 11.4. The second-order valence-corrected chi connectivity index (χ2v) is 4.38. The summed E-state index contributed by atoms with van der Waals surface area (Å²) in [7, 11) is 0. The highest BCUT2D eigenvalue weighted by Crippen LogP contribution is 2.19. The first-order chi connectivity index (χ1) is 7.04. The molecule has 1 amide bonds. The summed E-state index contributed by atoms with van der Waals surface area (Å²) in [5.74, 6) is -0.386. The monoisotopic (exact) mass is 214 g/mol. The highest BCUT2D eigenvalue weighted by molar-refractivity contribution is 5.78. The molecule has 1 aliphatic heterocycles. The van der Waals surface area contributed by atoms with Crippen LogP contribution in [0.4, 0.5) is 0 Å². The van der Waals surface area contributed by atoms with Gasteiger partial charge in [0.05, 0.1) is 6.10 Å². The molecule has 3 N–H and O–H groups in total. The van der Waals surface area contributed by atoms with Crippen LogP contribution in [-0.4, -0.2) is 30.2 Å². The number of piperidine rings is 1. The average molecular weight is 214 g/mol. The van der Waals surface area contributed by atoms with E-state index < -0.39 is 6.10 Å². The molecule has 1 heterocycles. The standard InChI is InChI=1S/C11H22N2O2/c1-4-9-10(6-5-7(2)13-9)15-8(3)11(12)14/h7-10,13H,4-6H2,1-3H3,(H2,12,14). The first-order valence-corrected chi connectivity index (χ1v) is 5.75. The number of carbonyl (C=O) groups excluding carboxylic acids is 1. The minimum Gasteiger partial charge on any atom is -0.367 e. The van der Waals surface area contributed by atoms with Crippen LogP contribution in [-0.2, 0) is 9.53 Å². The lowest BCUT2D eigenvalue weighted by Crippen LogP contribution is -2.51. The lowest BCUT2D eigenvalue weighted by atomic mass is 9.94. The molecule has 0 bridgehead atoms. The molecule has 4 heteroatoms. The summed E-state index contributed by atoms with van der Waals surface area (Å²) in [6, 6.07) is 0.884. The van der Waals surface area contributed by atoms with Gasteiger partial charge in [0.25, 0.3) is 0 Å². The van der Waals surface area contributed by atoms with E-state index in [2.05, 4.69) is 19.2 Å². The number of primary amides is 1. The van der Waals surface area contributed by atoms with Gasteiger partial charge in [-0.1, -0.05) is 6.92 Å². The van der Waals surface area contributed by atoms with Crippen molar-refractivity contribution in [3.05, 3.63) is 0 Å². The molecular weight excluding hydrogens is 192 g/mol. The Labute approximate surface area is 91.5 Å². The van der Waals surface area contributed by atoms with Gasteiger partial charge < -0.3 is 15.8 Å². The summed E-state index contributed by atoms with van der Waals surface area (Å²) in [6.45, 7) is 6.02. The van der Waals surface area contributed by atoms with Crippen LogP contribution in [0.1, 0.15) is 40.0 Å². The Bertz CT molecular complexity index is 221. The third-order valence-electron chi connectivity index (χ3n) is 3.05. The van der Waals surface area contributed by atoms with Crippen molar-refractivity contribution in [3.8, 4) is 0 Å². The van der Waals surface area contributed by atoms with E-state index in [1.165, 1.54) is 0 Å². The summed E-state index contributed by atoms with van der Waals surface area (Å²) < 4.78 is 5.67. The molecule has 4 unspecified atom stereocenters.